The van der Waals surface area contributed by atoms with Gasteiger partial charge in [0, 0.05) is 19.0 Å². The van der Waals surface area contributed by atoms with E-state index < -0.39 is 0 Å². The van der Waals surface area contributed by atoms with Gasteiger partial charge in [-0.3, -0.25) is 4.79 Å². The zero-order chi connectivity index (χ0) is 11.8. The summed E-state index contributed by atoms with van der Waals surface area (Å²) in [5.74, 6) is 0.588. The molecule has 0 spiro atoms. The number of nitrogens with two attached hydrogens (primary N) is 1. The number of carbonyl (C=O) groups excluding carboxylic acids is 1. The van der Waals surface area contributed by atoms with E-state index in [2.05, 4.69) is 5.16 Å². The molecule has 0 fully saturated rings. The first-order valence-corrected chi connectivity index (χ1v) is 6.20. The largest absolute Gasteiger partial charge is 0.409 e. The van der Waals surface area contributed by atoms with Gasteiger partial charge in [-0.1, -0.05) is 12.1 Å². The number of nitrogens with zero attached hydrogens (tertiary/aromatic N) is 2. The Balaban J connectivity index is 4.26. The van der Waals surface area contributed by atoms with Crippen LogP contribution in [0.1, 0.15) is 13.8 Å². The molecule has 0 aromatic heterocycles. The monoisotopic (exact) mass is 233 g/mol. The molecule has 0 saturated heterocycles. The number of amides is 1. The fourth-order valence-corrected chi connectivity index (χ4v) is 1.57. The standard InChI is InChI=1S/C9H19N3O2S/c1-4-12(8(13)6-15-3)5-7(2)9(10)11-14/h7,14H,4-6H2,1-3H3,(H2,10,11). The van der Waals surface area contributed by atoms with Gasteiger partial charge < -0.3 is 15.8 Å². The zero-order valence-corrected chi connectivity index (χ0v) is 10.3. The van der Waals surface area contributed by atoms with E-state index >= 15 is 0 Å². The van der Waals surface area contributed by atoms with Crippen molar-refractivity contribution < 1.29 is 10.0 Å². The third-order valence-corrected chi connectivity index (χ3v) is 2.65. The molecule has 0 aliphatic rings. The molecule has 3 N–H and O–H groups in total. The number of rotatable bonds is 6. The average Bonchev–Trinajstić information content (AvgIpc) is 2.24. The Hall–Kier alpha value is -0.910. The topological polar surface area (TPSA) is 78.9 Å². The Morgan fingerprint density at radius 1 is 1.67 bits per heavy atom. The van der Waals surface area contributed by atoms with Crippen molar-refractivity contribution in [3.8, 4) is 0 Å². The van der Waals surface area contributed by atoms with Gasteiger partial charge in [-0.25, -0.2) is 0 Å². The molecular weight excluding hydrogens is 214 g/mol. The Morgan fingerprint density at radius 2 is 2.27 bits per heavy atom. The van der Waals surface area contributed by atoms with Gasteiger partial charge in [0.1, 0.15) is 5.84 Å². The summed E-state index contributed by atoms with van der Waals surface area (Å²) in [6, 6.07) is 0. The zero-order valence-electron chi connectivity index (χ0n) is 9.43. The number of amidine groups is 1. The smallest absolute Gasteiger partial charge is 0.232 e. The summed E-state index contributed by atoms with van der Waals surface area (Å²) in [6.07, 6.45) is 1.89. The fourth-order valence-electron chi connectivity index (χ4n) is 1.14. The molecule has 0 aromatic rings. The maximum atomic E-state index is 11.6. The van der Waals surface area contributed by atoms with Gasteiger partial charge in [0.05, 0.1) is 5.75 Å². The SMILES string of the molecule is CCN(CC(C)C(N)=NO)C(=O)CSC. The van der Waals surface area contributed by atoms with Crippen LogP contribution in [0.5, 0.6) is 0 Å². The highest BCUT2D eigenvalue weighted by Gasteiger charge is 2.16. The quantitative estimate of drug-likeness (QED) is 0.304. The number of thioether (sulfide) groups is 1. The maximum absolute atomic E-state index is 11.6. The number of oxime groups is 1. The third-order valence-electron chi connectivity index (χ3n) is 2.12. The number of carbonyl (C=O) groups is 1. The molecule has 0 aliphatic carbocycles. The Bertz CT molecular complexity index is 233. The van der Waals surface area contributed by atoms with E-state index in [1.54, 1.807) is 4.90 Å². The molecule has 5 nitrogen and oxygen atoms in total. The van der Waals surface area contributed by atoms with E-state index in [1.807, 2.05) is 20.1 Å². The van der Waals surface area contributed by atoms with Gasteiger partial charge in [0.15, 0.2) is 0 Å². The van der Waals surface area contributed by atoms with Crippen molar-refractivity contribution in [3.63, 3.8) is 0 Å². The molecule has 1 atom stereocenters. The summed E-state index contributed by atoms with van der Waals surface area (Å²) >= 11 is 1.49. The summed E-state index contributed by atoms with van der Waals surface area (Å²) in [6.45, 7) is 4.87. The molecule has 1 unspecified atom stereocenters. The Morgan fingerprint density at radius 3 is 2.67 bits per heavy atom. The second-order valence-corrected chi connectivity index (χ2v) is 4.16. The van der Waals surface area contributed by atoms with Crippen molar-refractivity contribution >= 4 is 23.5 Å². The summed E-state index contributed by atoms with van der Waals surface area (Å²) in [4.78, 5) is 13.3. The molecule has 0 radical (unpaired) electrons. The lowest BCUT2D eigenvalue weighted by Crippen LogP contribution is -2.39. The van der Waals surface area contributed by atoms with Gasteiger partial charge in [-0.2, -0.15) is 11.8 Å². The second-order valence-electron chi connectivity index (χ2n) is 3.29. The fraction of sp³-hybridized carbons (Fsp3) is 0.778. The van der Waals surface area contributed by atoms with Crippen molar-refractivity contribution in [3.05, 3.63) is 0 Å². The maximum Gasteiger partial charge on any atom is 0.232 e. The van der Waals surface area contributed by atoms with E-state index in [0.717, 1.165) is 0 Å². The van der Waals surface area contributed by atoms with Gasteiger partial charge in [-0.15, -0.1) is 0 Å². The van der Waals surface area contributed by atoms with E-state index in [0.29, 0.717) is 18.8 Å². The van der Waals surface area contributed by atoms with Crippen LogP contribution in [0.25, 0.3) is 0 Å². The Kier molecular flexibility index (Phi) is 6.94. The van der Waals surface area contributed by atoms with E-state index in [4.69, 9.17) is 10.9 Å². The first-order chi connectivity index (χ1) is 7.06. The van der Waals surface area contributed by atoms with E-state index in [1.165, 1.54) is 11.8 Å². The molecule has 0 aromatic carbocycles. The number of hydrogen-bond acceptors (Lipinski definition) is 4. The molecule has 0 bridgehead atoms. The van der Waals surface area contributed by atoms with Gasteiger partial charge in [-0.05, 0) is 13.2 Å². The van der Waals surface area contributed by atoms with Crippen LogP contribution in [0.3, 0.4) is 0 Å². The van der Waals surface area contributed by atoms with Crippen LogP contribution in [0.15, 0.2) is 5.16 Å². The van der Waals surface area contributed by atoms with Crippen LogP contribution in [-0.4, -0.2) is 46.9 Å². The van der Waals surface area contributed by atoms with Crippen molar-refractivity contribution in [2.75, 3.05) is 25.1 Å². The van der Waals surface area contributed by atoms with Gasteiger partial charge in [0.2, 0.25) is 5.91 Å². The normalized spacial score (nSPS) is 13.7. The molecule has 6 heteroatoms. The van der Waals surface area contributed by atoms with Gasteiger partial charge >= 0.3 is 0 Å². The minimum absolute atomic E-state index is 0.0857. The molecule has 15 heavy (non-hydrogen) atoms. The first kappa shape index (κ1) is 14.1. The molecule has 0 saturated carbocycles. The van der Waals surface area contributed by atoms with Crippen LogP contribution in [-0.2, 0) is 4.79 Å². The van der Waals surface area contributed by atoms with Crippen LogP contribution >= 0.6 is 11.8 Å². The molecular formula is C9H19N3O2S. The molecule has 88 valence electrons. The molecule has 0 rings (SSSR count). The summed E-state index contributed by atoms with van der Waals surface area (Å²) in [5.41, 5.74) is 5.45. The van der Waals surface area contributed by atoms with Crippen LogP contribution in [0, 0.1) is 5.92 Å². The van der Waals surface area contributed by atoms with Crippen molar-refractivity contribution in [1.82, 2.24) is 4.90 Å². The lowest BCUT2D eigenvalue weighted by Gasteiger charge is -2.23. The molecule has 0 aliphatic heterocycles. The van der Waals surface area contributed by atoms with Gasteiger partial charge in [0.25, 0.3) is 0 Å². The number of hydrogen-bond donors (Lipinski definition) is 2. The lowest BCUT2D eigenvalue weighted by molar-refractivity contribution is -0.128. The summed E-state index contributed by atoms with van der Waals surface area (Å²) in [5, 5.41) is 11.4. The highest BCUT2D eigenvalue weighted by atomic mass is 32.2. The van der Waals surface area contributed by atoms with E-state index in [-0.39, 0.29) is 17.7 Å². The minimum Gasteiger partial charge on any atom is -0.409 e. The van der Waals surface area contributed by atoms with Crippen LogP contribution < -0.4 is 5.73 Å². The minimum atomic E-state index is -0.124. The van der Waals surface area contributed by atoms with E-state index in [9.17, 15) is 4.79 Å². The van der Waals surface area contributed by atoms with Crippen molar-refractivity contribution in [1.29, 1.82) is 0 Å². The third kappa shape index (κ3) is 4.92. The average molecular weight is 233 g/mol. The summed E-state index contributed by atoms with van der Waals surface area (Å²) in [7, 11) is 0. The first-order valence-electron chi connectivity index (χ1n) is 4.80. The highest BCUT2D eigenvalue weighted by Crippen LogP contribution is 2.03. The predicted molar refractivity (Wildman–Crippen MR) is 63.2 cm³/mol. The molecule has 0 heterocycles. The second kappa shape index (κ2) is 7.39. The van der Waals surface area contributed by atoms with Crippen molar-refractivity contribution in [2.45, 2.75) is 13.8 Å². The molecule has 1 amide bonds. The Labute approximate surface area is 94.7 Å². The predicted octanol–water partition coefficient (Wildman–Crippen LogP) is 0.580. The van der Waals surface area contributed by atoms with Crippen LogP contribution in [0.4, 0.5) is 0 Å². The highest BCUT2D eigenvalue weighted by molar-refractivity contribution is 7.99. The van der Waals surface area contributed by atoms with Crippen LogP contribution in [0.2, 0.25) is 0 Å². The van der Waals surface area contributed by atoms with Crippen molar-refractivity contribution in [2.24, 2.45) is 16.8 Å². The lowest BCUT2D eigenvalue weighted by atomic mass is 10.1. The summed E-state index contributed by atoms with van der Waals surface area (Å²) < 4.78 is 0.